The Morgan fingerprint density at radius 2 is 1.90 bits per heavy atom. The Balaban J connectivity index is 2.34. The minimum absolute atomic E-state index is 0.0495. The van der Waals surface area contributed by atoms with Crippen molar-refractivity contribution in [1.29, 1.82) is 0 Å². The predicted molar refractivity (Wildman–Crippen MR) is 76.7 cm³/mol. The van der Waals surface area contributed by atoms with Gasteiger partial charge in [0.15, 0.2) is 0 Å². The van der Waals surface area contributed by atoms with Gasteiger partial charge in [-0.15, -0.1) is 0 Å². The third kappa shape index (κ3) is 3.71. The Bertz CT molecular complexity index is 706. The first kappa shape index (κ1) is 15.3. The average molecular weight is 308 g/mol. The highest BCUT2D eigenvalue weighted by Crippen LogP contribution is 2.19. The van der Waals surface area contributed by atoms with Crippen LogP contribution in [0.25, 0.3) is 0 Å². The van der Waals surface area contributed by atoms with Crippen molar-refractivity contribution >= 4 is 15.9 Å². The second kappa shape index (κ2) is 6.11. The van der Waals surface area contributed by atoms with Crippen molar-refractivity contribution in [2.75, 3.05) is 6.54 Å². The summed E-state index contributed by atoms with van der Waals surface area (Å²) in [6.07, 6.45) is 1.44. The monoisotopic (exact) mass is 308 g/mol. The number of primary amides is 1. The summed E-state index contributed by atoms with van der Waals surface area (Å²) in [6.45, 7) is 1.41. The molecule has 0 spiro atoms. The molecule has 2 aromatic rings. The lowest BCUT2D eigenvalue weighted by Crippen LogP contribution is -2.37. The molecule has 1 amide bonds. The van der Waals surface area contributed by atoms with Gasteiger partial charge in [-0.1, -0.05) is 17.7 Å². The molecule has 7 heteroatoms. The summed E-state index contributed by atoms with van der Waals surface area (Å²) in [5.41, 5.74) is 6.09. The number of aryl methyl sites for hydroxylation is 1. The van der Waals surface area contributed by atoms with Crippen molar-refractivity contribution in [2.45, 2.75) is 18.4 Å². The third-order valence-corrected chi connectivity index (χ3v) is 4.71. The largest absolute Gasteiger partial charge is 0.468 e. The maximum Gasteiger partial charge on any atom is 0.243 e. The summed E-state index contributed by atoms with van der Waals surface area (Å²) in [7, 11) is -3.82. The van der Waals surface area contributed by atoms with Gasteiger partial charge in [-0.25, -0.2) is 8.42 Å². The summed E-state index contributed by atoms with van der Waals surface area (Å²) >= 11 is 0. The van der Waals surface area contributed by atoms with Crippen LogP contribution in [0, 0.1) is 6.92 Å². The molecule has 0 aliphatic carbocycles. The Kier molecular flexibility index (Phi) is 4.44. The lowest BCUT2D eigenvalue weighted by atomic mass is 10.2. The third-order valence-electron chi connectivity index (χ3n) is 2.90. The van der Waals surface area contributed by atoms with Crippen LogP contribution in [0.5, 0.6) is 0 Å². The molecule has 1 aromatic carbocycles. The van der Waals surface area contributed by atoms with Crippen LogP contribution in [-0.4, -0.2) is 25.2 Å². The van der Waals surface area contributed by atoms with Gasteiger partial charge in [0.25, 0.3) is 0 Å². The van der Waals surface area contributed by atoms with Crippen LogP contribution in [0.2, 0.25) is 0 Å². The van der Waals surface area contributed by atoms with E-state index in [0.717, 1.165) is 9.87 Å². The lowest BCUT2D eigenvalue weighted by Gasteiger charge is -2.19. The highest BCUT2D eigenvalue weighted by Gasteiger charge is 2.26. The van der Waals surface area contributed by atoms with E-state index in [1.807, 2.05) is 6.92 Å². The number of furan rings is 1. The van der Waals surface area contributed by atoms with Crippen LogP contribution in [0.1, 0.15) is 11.3 Å². The number of sulfonamides is 1. The Labute approximate surface area is 123 Å². The topological polar surface area (TPSA) is 93.6 Å². The SMILES string of the molecule is Cc1ccc(S(=O)(=O)N(CC(N)=O)Cc2ccco2)cc1. The number of carbonyl (C=O) groups is 1. The molecule has 0 bridgehead atoms. The van der Waals surface area contributed by atoms with E-state index in [0.29, 0.717) is 5.76 Å². The molecule has 2 rings (SSSR count). The fourth-order valence-electron chi connectivity index (χ4n) is 1.84. The molecule has 0 radical (unpaired) electrons. The zero-order valence-electron chi connectivity index (χ0n) is 11.5. The van der Waals surface area contributed by atoms with E-state index in [-0.39, 0.29) is 11.4 Å². The molecule has 0 saturated carbocycles. The maximum atomic E-state index is 12.6. The van der Waals surface area contributed by atoms with E-state index in [4.69, 9.17) is 10.2 Å². The van der Waals surface area contributed by atoms with E-state index >= 15 is 0 Å². The van der Waals surface area contributed by atoms with Gasteiger partial charge in [0.2, 0.25) is 15.9 Å². The Morgan fingerprint density at radius 3 is 2.43 bits per heavy atom. The van der Waals surface area contributed by atoms with Gasteiger partial charge in [-0.05, 0) is 31.2 Å². The second-order valence-electron chi connectivity index (χ2n) is 4.63. The van der Waals surface area contributed by atoms with Crippen LogP contribution in [-0.2, 0) is 21.4 Å². The van der Waals surface area contributed by atoms with Crippen molar-refractivity contribution in [1.82, 2.24) is 4.31 Å². The summed E-state index contributed by atoms with van der Waals surface area (Å²) in [6, 6.07) is 9.68. The van der Waals surface area contributed by atoms with Crippen LogP contribution in [0.3, 0.4) is 0 Å². The number of hydrogen-bond acceptors (Lipinski definition) is 4. The quantitative estimate of drug-likeness (QED) is 0.869. The Hall–Kier alpha value is -2.12. The molecule has 2 N–H and O–H groups in total. The minimum atomic E-state index is -3.82. The normalized spacial score (nSPS) is 11.7. The Morgan fingerprint density at radius 1 is 1.24 bits per heavy atom. The second-order valence-corrected chi connectivity index (χ2v) is 6.57. The highest BCUT2D eigenvalue weighted by atomic mass is 32.2. The molecule has 112 valence electrons. The van der Waals surface area contributed by atoms with Gasteiger partial charge < -0.3 is 10.2 Å². The van der Waals surface area contributed by atoms with Gasteiger partial charge in [0.1, 0.15) is 5.76 Å². The molecular formula is C14H16N2O4S. The molecule has 0 saturated heterocycles. The number of rotatable bonds is 6. The number of nitrogens with two attached hydrogens (primary N) is 1. The van der Waals surface area contributed by atoms with Gasteiger partial charge in [0.05, 0.1) is 24.2 Å². The molecular weight excluding hydrogens is 292 g/mol. The van der Waals surface area contributed by atoms with E-state index in [9.17, 15) is 13.2 Å². The summed E-state index contributed by atoms with van der Waals surface area (Å²) in [4.78, 5) is 11.3. The van der Waals surface area contributed by atoms with Crippen molar-refractivity contribution < 1.29 is 17.6 Å². The molecule has 21 heavy (non-hydrogen) atoms. The van der Waals surface area contributed by atoms with Crippen LogP contribution in [0.4, 0.5) is 0 Å². The molecule has 6 nitrogen and oxygen atoms in total. The fourth-order valence-corrected chi connectivity index (χ4v) is 3.21. The number of nitrogens with zero attached hydrogens (tertiary/aromatic N) is 1. The molecule has 1 aromatic heterocycles. The summed E-state index contributed by atoms with van der Waals surface area (Å²) < 4.78 is 31.3. The van der Waals surface area contributed by atoms with Gasteiger partial charge in [-0.2, -0.15) is 4.31 Å². The standard InChI is InChI=1S/C14H16N2O4S/c1-11-4-6-13(7-5-11)21(18,19)16(10-14(15)17)9-12-3-2-8-20-12/h2-8H,9-10H2,1H3,(H2,15,17). The van der Waals surface area contributed by atoms with E-state index < -0.39 is 22.5 Å². The smallest absolute Gasteiger partial charge is 0.243 e. The first-order valence-electron chi connectivity index (χ1n) is 6.27. The minimum Gasteiger partial charge on any atom is -0.468 e. The molecule has 0 fully saturated rings. The van der Waals surface area contributed by atoms with Crippen LogP contribution in [0.15, 0.2) is 52.0 Å². The number of carbonyl (C=O) groups excluding carboxylic acids is 1. The first-order chi connectivity index (χ1) is 9.89. The van der Waals surface area contributed by atoms with Crippen molar-refractivity contribution in [2.24, 2.45) is 5.73 Å². The lowest BCUT2D eigenvalue weighted by molar-refractivity contribution is -0.118. The van der Waals surface area contributed by atoms with E-state index in [1.54, 1.807) is 24.3 Å². The molecule has 1 heterocycles. The van der Waals surface area contributed by atoms with Crippen molar-refractivity contribution in [3.63, 3.8) is 0 Å². The zero-order valence-corrected chi connectivity index (χ0v) is 12.3. The van der Waals surface area contributed by atoms with Gasteiger partial charge in [-0.3, -0.25) is 4.79 Å². The molecule has 0 aliphatic rings. The maximum absolute atomic E-state index is 12.6. The average Bonchev–Trinajstić information content (AvgIpc) is 2.91. The summed E-state index contributed by atoms with van der Waals surface area (Å²) in [5.74, 6) is -0.288. The zero-order chi connectivity index (χ0) is 15.5. The van der Waals surface area contributed by atoms with Crippen molar-refractivity contribution in [3.05, 3.63) is 54.0 Å². The molecule has 0 unspecified atom stereocenters. The van der Waals surface area contributed by atoms with E-state index in [1.165, 1.54) is 18.4 Å². The number of benzene rings is 1. The van der Waals surface area contributed by atoms with Gasteiger partial charge >= 0.3 is 0 Å². The van der Waals surface area contributed by atoms with Crippen LogP contribution < -0.4 is 5.73 Å². The van der Waals surface area contributed by atoms with Crippen LogP contribution >= 0.6 is 0 Å². The molecule has 0 atom stereocenters. The van der Waals surface area contributed by atoms with E-state index in [2.05, 4.69) is 0 Å². The summed E-state index contributed by atoms with van der Waals surface area (Å²) in [5, 5.41) is 0. The fraction of sp³-hybridized carbons (Fsp3) is 0.214. The predicted octanol–water partition coefficient (Wildman–Crippen LogP) is 1.26. The first-order valence-corrected chi connectivity index (χ1v) is 7.71. The molecule has 0 aliphatic heterocycles. The number of hydrogen-bond donors (Lipinski definition) is 1. The number of amides is 1. The highest BCUT2D eigenvalue weighted by molar-refractivity contribution is 7.89. The van der Waals surface area contributed by atoms with Crippen molar-refractivity contribution in [3.8, 4) is 0 Å². The van der Waals surface area contributed by atoms with Gasteiger partial charge in [0, 0.05) is 0 Å².